The Bertz CT molecular complexity index is 737. The Kier molecular flexibility index (Phi) is 10.1. The molecule has 16 nitrogen and oxygen atoms in total. The molecule has 3 saturated heterocycles. The highest BCUT2D eigenvalue weighted by atomic mass is 16.8. The van der Waals surface area contributed by atoms with Crippen LogP contribution in [0, 0.1) is 0 Å². The van der Waals surface area contributed by atoms with Gasteiger partial charge in [0, 0.05) is 20.6 Å². The first-order valence-corrected chi connectivity index (χ1v) is 11.1. The monoisotopic (exact) mass is 528 g/mol. The molecule has 3 aliphatic rings. The third kappa shape index (κ3) is 5.86. The maximum atomic E-state index is 11.7. The molecule has 3 aliphatic heterocycles. The summed E-state index contributed by atoms with van der Waals surface area (Å²) in [6.07, 6.45) is -21.3. The summed E-state index contributed by atoms with van der Waals surface area (Å²) in [4.78, 5) is 23.3. The topological polar surface area (TPSA) is 240 Å². The molecule has 0 spiro atoms. The molecule has 7 N–H and O–H groups in total. The lowest BCUT2D eigenvalue weighted by atomic mass is 9.97. The highest BCUT2D eigenvalue weighted by Gasteiger charge is 2.52. The van der Waals surface area contributed by atoms with Crippen molar-refractivity contribution < 1.29 is 78.5 Å². The molecule has 208 valence electrons. The first kappa shape index (κ1) is 29.2. The molecule has 0 aromatic rings. The molecular weight excluding hydrogens is 496 g/mol. The van der Waals surface area contributed by atoms with Crippen molar-refractivity contribution in [2.45, 2.75) is 92.4 Å². The third-order valence-corrected chi connectivity index (χ3v) is 6.29. The van der Waals surface area contributed by atoms with Crippen LogP contribution in [0.4, 0.5) is 0 Å². The number of hydrogen-bond donors (Lipinski definition) is 7. The molecule has 3 rings (SSSR count). The van der Waals surface area contributed by atoms with Crippen molar-refractivity contribution in [3.05, 3.63) is 0 Å². The molecule has 0 aliphatic carbocycles. The van der Waals surface area contributed by atoms with Gasteiger partial charge in [-0.25, -0.2) is 4.79 Å². The Morgan fingerprint density at radius 1 is 0.861 bits per heavy atom. The molecule has 0 amide bonds. The summed E-state index contributed by atoms with van der Waals surface area (Å²) in [5.74, 6) is -1.53. The van der Waals surface area contributed by atoms with Crippen LogP contribution in [-0.2, 0) is 42.7 Å². The van der Waals surface area contributed by atoms with E-state index in [0.717, 1.165) is 7.11 Å². The summed E-state index contributed by atoms with van der Waals surface area (Å²) >= 11 is 0. The van der Waals surface area contributed by atoms with Crippen molar-refractivity contribution in [1.29, 1.82) is 0 Å². The fraction of sp³-hybridized carbons (Fsp3) is 0.900. The SMILES string of the molecule is CO[C@H]1O[C@H](C(=O)O)C(OC2C[C@H](O)C(OC3O[C@H](CO)[C@@H](OC)[C@H](O)[C@H]3O)[C@H](C=O)O2)[C@H](O)[C@H]1O. The summed E-state index contributed by atoms with van der Waals surface area (Å²) in [5, 5.41) is 70.7. The van der Waals surface area contributed by atoms with Crippen molar-refractivity contribution in [1.82, 2.24) is 0 Å². The van der Waals surface area contributed by atoms with E-state index in [-0.39, 0.29) is 6.29 Å². The molecule has 0 bridgehead atoms. The fourth-order valence-corrected chi connectivity index (χ4v) is 4.39. The van der Waals surface area contributed by atoms with Crippen LogP contribution in [0.5, 0.6) is 0 Å². The second-order valence-corrected chi connectivity index (χ2v) is 8.56. The zero-order valence-electron chi connectivity index (χ0n) is 19.4. The Balaban J connectivity index is 1.69. The van der Waals surface area contributed by atoms with Gasteiger partial charge in [0.2, 0.25) is 0 Å². The maximum absolute atomic E-state index is 11.7. The Morgan fingerprint density at radius 2 is 1.50 bits per heavy atom. The number of aliphatic hydroxyl groups excluding tert-OH is 6. The minimum atomic E-state index is -1.79. The van der Waals surface area contributed by atoms with Crippen LogP contribution in [-0.4, -0.2) is 155 Å². The van der Waals surface area contributed by atoms with Crippen molar-refractivity contribution in [3.63, 3.8) is 0 Å². The fourth-order valence-electron chi connectivity index (χ4n) is 4.39. The molecule has 4 unspecified atom stereocenters. The normalized spacial score (nSPS) is 47.9. The van der Waals surface area contributed by atoms with E-state index in [0.29, 0.717) is 0 Å². The van der Waals surface area contributed by atoms with E-state index in [2.05, 4.69) is 0 Å². The molecular formula is C20H32O16. The van der Waals surface area contributed by atoms with Gasteiger partial charge in [-0.3, -0.25) is 0 Å². The number of carboxylic acid groups (broad SMARTS) is 1. The van der Waals surface area contributed by atoms with Gasteiger partial charge < -0.3 is 73.7 Å². The molecule has 3 heterocycles. The van der Waals surface area contributed by atoms with Crippen LogP contribution in [0.2, 0.25) is 0 Å². The van der Waals surface area contributed by atoms with Crippen LogP contribution in [0.3, 0.4) is 0 Å². The maximum Gasteiger partial charge on any atom is 0.335 e. The number of aliphatic carboxylic acids is 1. The predicted octanol–water partition coefficient (Wildman–Crippen LogP) is -4.94. The summed E-state index contributed by atoms with van der Waals surface area (Å²) in [5.41, 5.74) is 0. The van der Waals surface area contributed by atoms with E-state index in [1.807, 2.05) is 0 Å². The van der Waals surface area contributed by atoms with Gasteiger partial charge in [0.1, 0.15) is 54.9 Å². The first-order valence-electron chi connectivity index (χ1n) is 11.1. The van der Waals surface area contributed by atoms with Gasteiger partial charge in [-0.15, -0.1) is 0 Å². The quantitative estimate of drug-likeness (QED) is 0.139. The van der Waals surface area contributed by atoms with Gasteiger partial charge in [-0.05, 0) is 0 Å². The largest absolute Gasteiger partial charge is 0.479 e. The number of carbonyl (C=O) groups is 2. The second kappa shape index (κ2) is 12.4. The number of rotatable bonds is 9. The van der Waals surface area contributed by atoms with E-state index in [9.17, 15) is 45.3 Å². The molecule has 16 heteroatoms. The number of aliphatic hydroxyl groups is 6. The summed E-state index contributed by atoms with van der Waals surface area (Å²) in [6.45, 7) is -0.592. The Hall–Kier alpha value is -1.38. The van der Waals surface area contributed by atoms with Gasteiger partial charge in [0.05, 0.1) is 12.7 Å². The van der Waals surface area contributed by atoms with E-state index < -0.39 is 105 Å². The zero-order valence-corrected chi connectivity index (χ0v) is 19.4. The molecule has 0 aromatic carbocycles. The van der Waals surface area contributed by atoms with Gasteiger partial charge in [-0.1, -0.05) is 0 Å². The average Bonchev–Trinajstić information content (AvgIpc) is 2.85. The molecule has 14 atom stereocenters. The average molecular weight is 528 g/mol. The number of ether oxygens (including phenoxy) is 7. The summed E-state index contributed by atoms with van der Waals surface area (Å²) < 4.78 is 36.9. The van der Waals surface area contributed by atoms with Gasteiger partial charge in [0.25, 0.3) is 0 Å². The number of methoxy groups -OCH3 is 2. The van der Waals surface area contributed by atoms with Gasteiger partial charge in [-0.2, -0.15) is 0 Å². The molecule has 3 fully saturated rings. The molecule has 0 aromatic heterocycles. The van der Waals surface area contributed by atoms with Crippen LogP contribution in [0.25, 0.3) is 0 Å². The first-order chi connectivity index (χ1) is 17.1. The Morgan fingerprint density at radius 3 is 2.06 bits per heavy atom. The van der Waals surface area contributed by atoms with Crippen LogP contribution in [0.1, 0.15) is 6.42 Å². The zero-order chi connectivity index (χ0) is 26.7. The highest BCUT2D eigenvalue weighted by molar-refractivity contribution is 5.73. The van der Waals surface area contributed by atoms with Gasteiger partial charge >= 0.3 is 5.97 Å². The number of hydrogen-bond acceptors (Lipinski definition) is 15. The number of aldehydes is 1. The van der Waals surface area contributed by atoms with Crippen molar-refractivity contribution in [2.75, 3.05) is 20.8 Å². The van der Waals surface area contributed by atoms with Crippen molar-refractivity contribution >= 4 is 12.3 Å². The van der Waals surface area contributed by atoms with Crippen molar-refractivity contribution in [2.24, 2.45) is 0 Å². The lowest BCUT2D eigenvalue weighted by Crippen LogP contribution is -2.64. The van der Waals surface area contributed by atoms with Crippen molar-refractivity contribution in [3.8, 4) is 0 Å². The predicted molar refractivity (Wildman–Crippen MR) is 109 cm³/mol. The van der Waals surface area contributed by atoms with Crippen LogP contribution < -0.4 is 0 Å². The minimum absolute atomic E-state index is 0.259. The summed E-state index contributed by atoms with van der Waals surface area (Å²) in [7, 11) is 2.38. The standard InChI is InChI=1S/C20H32O16/c1-30-15-8(5-22)33-20(13(27)10(15)24)35-14-6(23)3-9(32-7(14)4-21)34-16-11(25)12(26)19(31-2)36-17(16)18(28)29/h4,6-17,19-20,22-27H,3,5H2,1-2H3,(H,28,29)/t6-,7-,8+,9?,10+,11+,12+,13+,14?,15+,16?,17-,19-,20?/m0/s1. The van der Waals surface area contributed by atoms with Crippen LogP contribution >= 0.6 is 0 Å². The molecule has 36 heavy (non-hydrogen) atoms. The third-order valence-electron chi connectivity index (χ3n) is 6.29. The van der Waals surface area contributed by atoms with Crippen LogP contribution in [0.15, 0.2) is 0 Å². The number of carboxylic acids is 1. The summed E-state index contributed by atoms with van der Waals surface area (Å²) in [6, 6.07) is 0. The molecule has 0 saturated carbocycles. The van der Waals surface area contributed by atoms with E-state index in [4.69, 9.17) is 33.2 Å². The highest BCUT2D eigenvalue weighted by Crippen LogP contribution is 2.32. The van der Waals surface area contributed by atoms with E-state index in [1.54, 1.807) is 0 Å². The molecule has 0 radical (unpaired) electrons. The van der Waals surface area contributed by atoms with E-state index in [1.165, 1.54) is 7.11 Å². The number of carbonyl (C=O) groups excluding carboxylic acids is 1. The van der Waals surface area contributed by atoms with E-state index >= 15 is 0 Å². The smallest absolute Gasteiger partial charge is 0.335 e. The second-order valence-electron chi connectivity index (χ2n) is 8.56. The lowest BCUT2D eigenvalue weighted by molar-refractivity contribution is -0.353. The van der Waals surface area contributed by atoms with Gasteiger partial charge in [0.15, 0.2) is 31.3 Å². The minimum Gasteiger partial charge on any atom is -0.479 e. The lowest BCUT2D eigenvalue weighted by Gasteiger charge is -2.46. The Labute approximate surface area is 204 Å².